The molecule has 2 aromatic heterocycles. The monoisotopic (exact) mass is 372 g/mol. The summed E-state index contributed by atoms with van der Waals surface area (Å²) in [7, 11) is 0. The van der Waals surface area contributed by atoms with Gasteiger partial charge in [0.25, 0.3) is 6.43 Å². The van der Waals surface area contributed by atoms with E-state index >= 15 is 0 Å². The van der Waals surface area contributed by atoms with Gasteiger partial charge in [-0.1, -0.05) is 0 Å². The van der Waals surface area contributed by atoms with Crippen molar-refractivity contribution in [2.45, 2.75) is 56.9 Å². The molecule has 2 saturated carbocycles. The van der Waals surface area contributed by atoms with Gasteiger partial charge >= 0.3 is 0 Å². The number of hydrogen-bond acceptors (Lipinski definition) is 5. The summed E-state index contributed by atoms with van der Waals surface area (Å²) in [5, 5.41) is 11.8. The van der Waals surface area contributed by atoms with E-state index in [0.717, 1.165) is 17.0 Å². The molecule has 0 bridgehead atoms. The second kappa shape index (κ2) is 7.29. The molecule has 2 fully saturated rings. The Balaban J connectivity index is 1.42. The number of aromatic nitrogens is 3. The molecular formula is C20H22F2N4O. The Hall–Kier alpha value is -2.44. The lowest BCUT2D eigenvalue weighted by atomic mass is 9.74. The molecule has 0 aromatic carbocycles. The van der Waals surface area contributed by atoms with Crippen molar-refractivity contribution in [3.8, 4) is 11.3 Å². The van der Waals surface area contributed by atoms with Crippen molar-refractivity contribution in [3.63, 3.8) is 0 Å². The quantitative estimate of drug-likeness (QED) is 0.769. The van der Waals surface area contributed by atoms with Crippen LogP contribution in [0, 0.1) is 5.41 Å². The van der Waals surface area contributed by atoms with E-state index in [-0.39, 0.29) is 18.9 Å². The van der Waals surface area contributed by atoms with Crippen molar-refractivity contribution in [1.82, 2.24) is 15.2 Å². The lowest BCUT2D eigenvalue weighted by molar-refractivity contribution is -0.128. The molecule has 1 N–H and O–H groups in total. The van der Waals surface area contributed by atoms with Gasteiger partial charge in [0, 0.05) is 23.7 Å². The summed E-state index contributed by atoms with van der Waals surface area (Å²) in [6, 6.07) is 7.72. The first-order chi connectivity index (χ1) is 13.1. The van der Waals surface area contributed by atoms with Crippen molar-refractivity contribution >= 4 is 12.1 Å². The van der Waals surface area contributed by atoms with Crippen LogP contribution < -0.4 is 5.32 Å². The first-order valence-electron chi connectivity index (χ1n) is 9.41. The van der Waals surface area contributed by atoms with Crippen molar-refractivity contribution in [3.05, 3.63) is 36.2 Å². The summed E-state index contributed by atoms with van der Waals surface area (Å²) >= 11 is 0. The lowest BCUT2D eigenvalue weighted by Gasteiger charge is -2.35. The highest BCUT2D eigenvalue weighted by Gasteiger charge is 2.43. The highest BCUT2D eigenvalue weighted by Crippen LogP contribution is 2.43. The fraction of sp³-hybridized carbons (Fsp3) is 0.500. The van der Waals surface area contributed by atoms with Crippen molar-refractivity contribution < 1.29 is 13.6 Å². The van der Waals surface area contributed by atoms with Gasteiger partial charge in [0.05, 0.1) is 16.8 Å². The highest BCUT2D eigenvalue weighted by molar-refractivity contribution is 5.63. The van der Waals surface area contributed by atoms with Crippen molar-refractivity contribution in [2.75, 3.05) is 5.32 Å². The number of nitrogens with zero attached hydrogens (tertiary/aromatic N) is 3. The second-order valence-electron chi connectivity index (χ2n) is 7.58. The Morgan fingerprint density at radius 1 is 1.11 bits per heavy atom. The van der Waals surface area contributed by atoms with E-state index in [1.165, 1.54) is 12.8 Å². The molecule has 27 heavy (non-hydrogen) atoms. The molecular weight excluding hydrogens is 350 g/mol. The number of alkyl halides is 2. The molecule has 0 amide bonds. The zero-order valence-electron chi connectivity index (χ0n) is 14.9. The highest BCUT2D eigenvalue weighted by atomic mass is 19.3. The number of hydrogen-bond donors (Lipinski definition) is 1. The van der Waals surface area contributed by atoms with E-state index < -0.39 is 11.8 Å². The minimum atomic E-state index is -2.60. The van der Waals surface area contributed by atoms with Crippen LogP contribution in [0.25, 0.3) is 11.3 Å². The van der Waals surface area contributed by atoms with Crippen LogP contribution in [-0.2, 0) is 4.79 Å². The van der Waals surface area contributed by atoms with Gasteiger partial charge in [-0.3, -0.25) is 4.98 Å². The molecule has 5 nitrogen and oxygen atoms in total. The molecule has 7 heteroatoms. The van der Waals surface area contributed by atoms with Crippen LogP contribution in [-0.4, -0.2) is 33.9 Å². The summed E-state index contributed by atoms with van der Waals surface area (Å²) in [5.74, 6) is 1.15. The molecule has 2 heterocycles. The predicted octanol–water partition coefficient (Wildman–Crippen LogP) is 4.22. The smallest absolute Gasteiger partial charge is 0.250 e. The van der Waals surface area contributed by atoms with E-state index in [0.29, 0.717) is 30.9 Å². The van der Waals surface area contributed by atoms with E-state index in [1.54, 1.807) is 0 Å². The summed E-state index contributed by atoms with van der Waals surface area (Å²) < 4.78 is 26.3. The second-order valence-corrected chi connectivity index (χ2v) is 7.58. The largest absolute Gasteiger partial charge is 0.366 e. The molecule has 0 radical (unpaired) electrons. The molecule has 2 aromatic rings. The Kier molecular flexibility index (Phi) is 4.85. The van der Waals surface area contributed by atoms with Gasteiger partial charge in [0.1, 0.15) is 12.1 Å². The van der Waals surface area contributed by atoms with E-state index in [9.17, 15) is 13.6 Å². The molecule has 0 spiro atoms. The number of carbonyl (C=O) groups is 1. The minimum absolute atomic E-state index is 0.0254. The third-order valence-corrected chi connectivity index (χ3v) is 5.68. The molecule has 0 saturated heterocycles. The van der Waals surface area contributed by atoms with Gasteiger partial charge < -0.3 is 10.1 Å². The average molecular weight is 372 g/mol. The first-order valence-corrected chi connectivity index (χ1v) is 9.41. The lowest BCUT2D eigenvalue weighted by Crippen LogP contribution is -2.39. The van der Waals surface area contributed by atoms with Crippen LogP contribution in [0.15, 0.2) is 30.5 Å². The van der Waals surface area contributed by atoms with Crippen LogP contribution >= 0.6 is 0 Å². The SMILES string of the molecule is O=CC1(C(F)F)CCC(Nc2ccc(-c3cccnc3C3CC3)nn2)CC1. The Bertz CT molecular complexity index is 800. The molecule has 2 aliphatic carbocycles. The van der Waals surface area contributed by atoms with E-state index in [4.69, 9.17) is 0 Å². The molecule has 0 atom stereocenters. The third-order valence-electron chi connectivity index (χ3n) is 5.68. The maximum absolute atomic E-state index is 13.2. The molecule has 0 unspecified atom stereocenters. The fourth-order valence-corrected chi connectivity index (χ4v) is 3.77. The Morgan fingerprint density at radius 3 is 2.48 bits per heavy atom. The number of nitrogens with one attached hydrogen (secondary N) is 1. The first kappa shape index (κ1) is 17.9. The van der Waals surface area contributed by atoms with Gasteiger partial charge in [0.2, 0.25) is 0 Å². The number of halogens is 2. The Morgan fingerprint density at radius 2 is 1.89 bits per heavy atom. The van der Waals surface area contributed by atoms with E-state index in [2.05, 4.69) is 20.5 Å². The number of anilines is 1. The fourth-order valence-electron chi connectivity index (χ4n) is 3.77. The van der Waals surface area contributed by atoms with Crippen LogP contribution in [0.5, 0.6) is 0 Å². The predicted molar refractivity (Wildman–Crippen MR) is 97.6 cm³/mol. The van der Waals surface area contributed by atoms with E-state index in [1.807, 2.05) is 30.5 Å². The number of aldehydes is 1. The number of carbonyl (C=O) groups excluding carboxylic acids is 1. The van der Waals surface area contributed by atoms with Gasteiger partial charge in [-0.25, -0.2) is 8.78 Å². The van der Waals surface area contributed by atoms with Crippen molar-refractivity contribution in [2.24, 2.45) is 5.41 Å². The summed E-state index contributed by atoms with van der Waals surface area (Å²) in [4.78, 5) is 15.6. The normalized spacial score (nSPS) is 25.4. The number of pyridine rings is 1. The van der Waals surface area contributed by atoms with Gasteiger partial charge in [-0.2, -0.15) is 0 Å². The standard InChI is InChI=1S/C20H22F2N4O/c21-19(22)20(12-27)9-7-14(8-10-20)24-17-6-5-16(25-26-17)15-2-1-11-23-18(15)13-3-4-13/h1-2,5-6,11-14,19H,3-4,7-10H2,(H,24,26). The average Bonchev–Trinajstić information content (AvgIpc) is 3.54. The third kappa shape index (κ3) is 3.68. The van der Waals surface area contributed by atoms with Gasteiger partial charge in [-0.05, 0) is 62.8 Å². The molecule has 4 rings (SSSR count). The molecule has 2 aliphatic rings. The summed E-state index contributed by atoms with van der Waals surface area (Å²) in [6.07, 6.45) is 3.39. The zero-order valence-corrected chi connectivity index (χ0v) is 14.9. The zero-order chi connectivity index (χ0) is 18.9. The van der Waals surface area contributed by atoms with Crippen LogP contribution in [0.4, 0.5) is 14.6 Å². The maximum Gasteiger partial charge on any atom is 0.250 e. The van der Waals surface area contributed by atoms with Crippen LogP contribution in [0.1, 0.15) is 50.1 Å². The number of rotatable bonds is 6. The summed E-state index contributed by atoms with van der Waals surface area (Å²) in [6.45, 7) is 0. The minimum Gasteiger partial charge on any atom is -0.366 e. The van der Waals surface area contributed by atoms with Crippen LogP contribution in [0.2, 0.25) is 0 Å². The van der Waals surface area contributed by atoms with Crippen LogP contribution in [0.3, 0.4) is 0 Å². The maximum atomic E-state index is 13.2. The Labute approximate surface area is 156 Å². The van der Waals surface area contributed by atoms with Gasteiger partial charge in [-0.15, -0.1) is 10.2 Å². The molecule has 0 aliphatic heterocycles. The van der Waals surface area contributed by atoms with Crippen molar-refractivity contribution in [1.29, 1.82) is 0 Å². The summed E-state index contributed by atoms with van der Waals surface area (Å²) in [5.41, 5.74) is 1.41. The molecule has 142 valence electrons. The topological polar surface area (TPSA) is 67.8 Å². The van der Waals surface area contributed by atoms with Gasteiger partial charge in [0.15, 0.2) is 0 Å².